The SMILES string of the molecule is Cc1cc(S(=O)(=O)NCCOCCO)c(C)s1. The number of nitrogens with one attached hydrogen (secondary N) is 1. The molecule has 0 saturated carbocycles. The highest BCUT2D eigenvalue weighted by Gasteiger charge is 2.18. The molecule has 0 aromatic carbocycles. The van der Waals surface area contributed by atoms with Gasteiger partial charge in [-0.05, 0) is 19.9 Å². The van der Waals surface area contributed by atoms with Crippen LogP contribution in [0.1, 0.15) is 9.75 Å². The predicted molar refractivity (Wildman–Crippen MR) is 66.9 cm³/mol. The van der Waals surface area contributed by atoms with Gasteiger partial charge in [-0.3, -0.25) is 0 Å². The van der Waals surface area contributed by atoms with Gasteiger partial charge in [-0.2, -0.15) is 0 Å². The van der Waals surface area contributed by atoms with E-state index in [0.29, 0.717) is 4.90 Å². The number of hydrogen-bond donors (Lipinski definition) is 2. The Morgan fingerprint density at radius 2 is 2.12 bits per heavy atom. The van der Waals surface area contributed by atoms with Gasteiger partial charge in [0, 0.05) is 16.3 Å². The Morgan fingerprint density at radius 3 is 2.65 bits per heavy atom. The second-order valence-electron chi connectivity index (χ2n) is 3.51. The van der Waals surface area contributed by atoms with Gasteiger partial charge >= 0.3 is 0 Å². The molecule has 5 nitrogen and oxygen atoms in total. The van der Waals surface area contributed by atoms with Crippen molar-refractivity contribution in [2.45, 2.75) is 18.7 Å². The summed E-state index contributed by atoms with van der Waals surface area (Å²) >= 11 is 1.46. The molecule has 2 N–H and O–H groups in total. The van der Waals surface area contributed by atoms with Gasteiger partial charge in [0.25, 0.3) is 0 Å². The lowest BCUT2D eigenvalue weighted by Crippen LogP contribution is -2.27. The molecule has 0 fully saturated rings. The number of ether oxygens (including phenoxy) is 1. The molecule has 1 aromatic rings. The highest BCUT2D eigenvalue weighted by atomic mass is 32.2. The Labute approximate surface area is 105 Å². The number of aryl methyl sites for hydroxylation is 2. The van der Waals surface area contributed by atoms with Crippen molar-refractivity contribution in [1.82, 2.24) is 4.72 Å². The van der Waals surface area contributed by atoms with E-state index in [1.54, 1.807) is 13.0 Å². The third-order valence-corrected chi connectivity index (χ3v) is 4.74. The van der Waals surface area contributed by atoms with E-state index >= 15 is 0 Å². The van der Waals surface area contributed by atoms with E-state index in [1.165, 1.54) is 11.3 Å². The quantitative estimate of drug-likeness (QED) is 0.719. The lowest BCUT2D eigenvalue weighted by molar-refractivity contribution is 0.0961. The molecule has 1 rings (SSSR count). The van der Waals surface area contributed by atoms with Gasteiger partial charge in [0.15, 0.2) is 0 Å². The Morgan fingerprint density at radius 1 is 1.41 bits per heavy atom. The van der Waals surface area contributed by atoms with Crippen LogP contribution in [0.4, 0.5) is 0 Å². The summed E-state index contributed by atoms with van der Waals surface area (Å²) in [6, 6.07) is 1.66. The van der Waals surface area contributed by atoms with Crippen molar-refractivity contribution < 1.29 is 18.3 Å². The predicted octanol–water partition coefficient (Wildman–Crippen LogP) is 0.652. The van der Waals surface area contributed by atoms with Crippen LogP contribution in [0.2, 0.25) is 0 Å². The highest BCUT2D eigenvalue weighted by molar-refractivity contribution is 7.89. The summed E-state index contributed by atoms with van der Waals surface area (Å²) < 4.78 is 31.2. The summed E-state index contributed by atoms with van der Waals surface area (Å²) in [7, 11) is -3.44. The van der Waals surface area contributed by atoms with Crippen molar-refractivity contribution in [2.24, 2.45) is 0 Å². The van der Waals surface area contributed by atoms with E-state index in [9.17, 15) is 8.42 Å². The first kappa shape index (κ1) is 14.6. The Hall–Kier alpha value is -0.470. The summed E-state index contributed by atoms with van der Waals surface area (Å²) in [6.45, 7) is 4.28. The Bertz CT molecular complexity index is 453. The van der Waals surface area contributed by atoms with Crippen LogP contribution in [-0.4, -0.2) is 39.9 Å². The fourth-order valence-electron chi connectivity index (χ4n) is 1.37. The van der Waals surface area contributed by atoms with Crippen LogP contribution in [0.5, 0.6) is 0 Å². The number of rotatable bonds is 7. The molecule has 7 heteroatoms. The molecule has 0 unspecified atom stereocenters. The minimum atomic E-state index is -3.44. The summed E-state index contributed by atoms with van der Waals surface area (Å²) in [4.78, 5) is 2.09. The van der Waals surface area contributed by atoms with E-state index in [-0.39, 0.29) is 26.4 Å². The van der Waals surface area contributed by atoms with Crippen molar-refractivity contribution in [1.29, 1.82) is 0 Å². The van der Waals surface area contributed by atoms with Crippen molar-refractivity contribution in [3.8, 4) is 0 Å². The van der Waals surface area contributed by atoms with Crippen LogP contribution >= 0.6 is 11.3 Å². The van der Waals surface area contributed by atoms with Crippen molar-refractivity contribution in [3.63, 3.8) is 0 Å². The second-order valence-corrected chi connectivity index (χ2v) is 6.71. The van der Waals surface area contributed by atoms with Crippen LogP contribution in [0.15, 0.2) is 11.0 Å². The summed E-state index contributed by atoms with van der Waals surface area (Å²) in [6.07, 6.45) is 0. The van der Waals surface area contributed by atoms with Crippen molar-refractivity contribution in [3.05, 3.63) is 15.8 Å². The fraction of sp³-hybridized carbons (Fsp3) is 0.600. The van der Waals surface area contributed by atoms with Crippen molar-refractivity contribution in [2.75, 3.05) is 26.4 Å². The van der Waals surface area contributed by atoms with Gasteiger partial charge in [0.1, 0.15) is 0 Å². The largest absolute Gasteiger partial charge is 0.394 e. The molecule has 98 valence electrons. The number of hydrogen-bond acceptors (Lipinski definition) is 5. The highest BCUT2D eigenvalue weighted by Crippen LogP contribution is 2.24. The van der Waals surface area contributed by atoms with E-state index in [1.807, 2.05) is 6.92 Å². The molecular formula is C10H17NO4S2. The summed E-state index contributed by atoms with van der Waals surface area (Å²) in [5.41, 5.74) is 0. The van der Waals surface area contributed by atoms with E-state index in [2.05, 4.69) is 4.72 Å². The van der Waals surface area contributed by atoms with Gasteiger partial charge in [-0.25, -0.2) is 13.1 Å². The topological polar surface area (TPSA) is 75.6 Å². The minimum absolute atomic E-state index is 0.0599. The van der Waals surface area contributed by atoms with E-state index < -0.39 is 10.0 Å². The zero-order chi connectivity index (χ0) is 12.9. The summed E-state index contributed by atoms with van der Waals surface area (Å²) in [5, 5.41) is 8.48. The molecule has 0 aliphatic heterocycles. The first-order valence-corrected chi connectivity index (χ1v) is 7.52. The third kappa shape index (κ3) is 4.36. The number of aliphatic hydroxyl groups excluding tert-OH is 1. The smallest absolute Gasteiger partial charge is 0.241 e. The maximum absolute atomic E-state index is 11.9. The van der Waals surface area contributed by atoms with Crippen molar-refractivity contribution >= 4 is 21.4 Å². The summed E-state index contributed by atoms with van der Waals surface area (Å²) in [5.74, 6) is 0. The standard InChI is InChI=1S/C10H17NO4S2/c1-8-7-10(9(2)16-8)17(13,14)11-3-5-15-6-4-12/h7,11-12H,3-6H2,1-2H3. The van der Waals surface area contributed by atoms with E-state index in [0.717, 1.165) is 9.75 Å². The van der Waals surface area contributed by atoms with Gasteiger partial charge in [-0.1, -0.05) is 0 Å². The van der Waals surface area contributed by atoms with Gasteiger partial charge in [0.05, 0.1) is 24.7 Å². The normalized spacial score (nSPS) is 11.9. The number of sulfonamides is 1. The zero-order valence-electron chi connectivity index (χ0n) is 9.89. The maximum atomic E-state index is 11.9. The number of thiophene rings is 1. The Kier molecular flexibility index (Phi) is 5.54. The van der Waals surface area contributed by atoms with Gasteiger partial charge < -0.3 is 9.84 Å². The molecule has 1 aromatic heterocycles. The monoisotopic (exact) mass is 279 g/mol. The molecule has 0 aliphatic carbocycles. The van der Waals surface area contributed by atoms with Crippen LogP contribution in [-0.2, 0) is 14.8 Å². The maximum Gasteiger partial charge on any atom is 0.241 e. The average Bonchev–Trinajstić information content (AvgIpc) is 2.58. The average molecular weight is 279 g/mol. The van der Waals surface area contributed by atoms with Crippen LogP contribution < -0.4 is 4.72 Å². The van der Waals surface area contributed by atoms with Crippen LogP contribution in [0.25, 0.3) is 0 Å². The van der Waals surface area contributed by atoms with Gasteiger partial charge in [-0.15, -0.1) is 11.3 Å². The molecule has 0 atom stereocenters. The van der Waals surface area contributed by atoms with E-state index in [4.69, 9.17) is 9.84 Å². The first-order chi connectivity index (χ1) is 7.97. The van der Waals surface area contributed by atoms with Crippen LogP contribution in [0, 0.1) is 13.8 Å². The molecular weight excluding hydrogens is 262 g/mol. The first-order valence-electron chi connectivity index (χ1n) is 5.22. The lowest BCUT2D eigenvalue weighted by atomic mass is 10.4. The lowest BCUT2D eigenvalue weighted by Gasteiger charge is -2.06. The zero-order valence-corrected chi connectivity index (χ0v) is 11.5. The van der Waals surface area contributed by atoms with Gasteiger partial charge in [0.2, 0.25) is 10.0 Å². The molecule has 1 heterocycles. The molecule has 0 saturated heterocycles. The third-order valence-electron chi connectivity index (χ3n) is 2.06. The molecule has 0 radical (unpaired) electrons. The minimum Gasteiger partial charge on any atom is -0.394 e. The Balaban J connectivity index is 2.54. The molecule has 0 spiro atoms. The fourth-order valence-corrected chi connectivity index (χ4v) is 3.93. The number of aliphatic hydroxyl groups is 1. The van der Waals surface area contributed by atoms with Crippen LogP contribution in [0.3, 0.4) is 0 Å². The molecule has 17 heavy (non-hydrogen) atoms. The molecule has 0 bridgehead atoms. The molecule has 0 aliphatic rings. The molecule has 0 amide bonds. The second kappa shape index (κ2) is 6.46.